The van der Waals surface area contributed by atoms with Crippen molar-refractivity contribution in [3.05, 3.63) is 0 Å². The molecule has 0 aliphatic carbocycles. The van der Waals surface area contributed by atoms with Crippen LogP contribution >= 0.6 is 0 Å². The lowest BCUT2D eigenvalue weighted by atomic mass is 9.87. The molecule has 0 saturated carbocycles. The molecular formula is C10H19N3O2. The largest absolute Gasteiger partial charge is 0.381 e. The molecule has 0 bridgehead atoms. The van der Waals surface area contributed by atoms with Gasteiger partial charge in [-0.3, -0.25) is 0 Å². The molecule has 5 heteroatoms. The smallest absolute Gasteiger partial charge is 0.317 e. The lowest BCUT2D eigenvalue weighted by Gasteiger charge is -2.47. The molecule has 0 aromatic carbocycles. The third kappa shape index (κ3) is 1.94. The number of nitrogens with two attached hydrogens (primary N) is 1. The van der Waals surface area contributed by atoms with Crippen molar-refractivity contribution in [3.63, 3.8) is 0 Å². The van der Waals surface area contributed by atoms with E-state index in [4.69, 9.17) is 10.5 Å². The molecule has 2 aliphatic rings. The molecule has 86 valence electrons. The molecule has 0 unspecified atom stereocenters. The van der Waals surface area contributed by atoms with E-state index >= 15 is 0 Å². The third-order valence-electron chi connectivity index (χ3n) is 3.46. The standard InChI is InChI=1S/C10H19N3O2/c11-8-10(2-6-15-7-3-10)13-5-1-4-12-9(13)14/h1-8,11H2,(H,12,14). The first-order valence-corrected chi connectivity index (χ1v) is 5.62. The summed E-state index contributed by atoms with van der Waals surface area (Å²) in [5.74, 6) is 0. The lowest BCUT2D eigenvalue weighted by molar-refractivity contribution is -0.00968. The van der Waals surface area contributed by atoms with Gasteiger partial charge in [0, 0.05) is 32.8 Å². The normalized spacial score (nSPS) is 26.2. The number of amides is 2. The number of nitrogens with one attached hydrogen (secondary N) is 1. The van der Waals surface area contributed by atoms with E-state index in [9.17, 15) is 4.79 Å². The summed E-state index contributed by atoms with van der Waals surface area (Å²) in [6.07, 6.45) is 2.72. The van der Waals surface area contributed by atoms with Crippen LogP contribution in [0.15, 0.2) is 0 Å². The maximum Gasteiger partial charge on any atom is 0.317 e. The van der Waals surface area contributed by atoms with Crippen molar-refractivity contribution >= 4 is 6.03 Å². The maximum absolute atomic E-state index is 11.8. The third-order valence-corrected chi connectivity index (χ3v) is 3.46. The fourth-order valence-corrected chi connectivity index (χ4v) is 2.42. The van der Waals surface area contributed by atoms with Crippen LogP contribution in [0.2, 0.25) is 0 Å². The van der Waals surface area contributed by atoms with Crippen molar-refractivity contribution in [1.29, 1.82) is 0 Å². The van der Waals surface area contributed by atoms with Gasteiger partial charge in [0.1, 0.15) is 0 Å². The highest BCUT2D eigenvalue weighted by atomic mass is 16.5. The summed E-state index contributed by atoms with van der Waals surface area (Å²) < 4.78 is 5.34. The molecule has 2 saturated heterocycles. The Labute approximate surface area is 89.9 Å². The number of rotatable bonds is 2. The van der Waals surface area contributed by atoms with Crippen LogP contribution in [0.25, 0.3) is 0 Å². The van der Waals surface area contributed by atoms with Crippen molar-refractivity contribution in [3.8, 4) is 0 Å². The highest BCUT2D eigenvalue weighted by Gasteiger charge is 2.40. The van der Waals surface area contributed by atoms with E-state index in [2.05, 4.69) is 5.32 Å². The van der Waals surface area contributed by atoms with Crippen LogP contribution in [0.3, 0.4) is 0 Å². The van der Waals surface area contributed by atoms with Crippen molar-refractivity contribution in [2.45, 2.75) is 24.8 Å². The molecule has 5 nitrogen and oxygen atoms in total. The Morgan fingerprint density at radius 2 is 2.20 bits per heavy atom. The molecule has 0 spiro atoms. The molecule has 0 aromatic heterocycles. The summed E-state index contributed by atoms with van der Waals surface area (Å²) in [6.45, 7) is 3.56. The van der Waals surface area contributed by atoms with Gasteiger partial charge in [0.2, 0.25) is 0 Å². The minimum Gasteiger partial charge on any atom is -0.381 e. The highest BCUT2D eigenvalue weighted by molar-refractivity contribution is 5.75. The van der Waals surface area contributed by atoms with Crippen LogP contribution in [-0.4, -0.2) is 49.3 Å². The molecule has 2 amide bonds. The Kier molecular flexibility index (Phi) is 3.11. The van der Waals surface area contributed by atoms with E-state index in [0.717, 1.165) is 32.4 Å². The van der Waals surface area contributed by atoms with Crippen molar-refractivity contribution in [1.82, 2.24) is 10.2 Å². The van der Waals surface area contributed by atoms with Gasteiger partial charge < -0.3 is 20.7 Å². The fourth-order valence-electron chi connectivity index (χ4n) is 2.42. The Morgan fingerprint density at radius 1 is 1.47 bits per heavy atom. The molecular weight excluding hydrogens is 194 g/mol. The quantitative estimate of drug-likeness (QED) is 0.673. The molecule has 15 heavy (non-hydrogen) atoms. The van der Waals surface area contributed by atoms with E-state index in [1.54, 1.807) is 0 Å². The van der Waals surface area contributed by atoms with Gasteiger partial charge in [-0.25, -0.2) is 4.79 Å². The molecule has 0 aromatic rings. The Bertz CT molecular complexity index is 239. The Morgan fingerprint density at radius 3 is 2.80 bits per heavy atom. The molecule has 2 rings (SSSR count). The molecule has 2 aliphatic heterocycles. The summed E-state index contributed by atoms with van der Waals surface area (Å²) in [4.78, 5) is 13.7. The van der Waals surface area contributed by atoms with Crippen LogP contribution in [0.4, 0.5) is 4.79 Å². The van der Waals surface area contributed by atoms with Crippen LogP contribution in [0, 0.1) is 0 Å². The average molecular weight is 213 g/mol. The molecule has 2 heterocycles. The van der Waals surface area contributed by atoms with E-state index in [0.29, 0.717) is 19.8 Å². The summed E-state index contributed by atoms with van der Waals surface area (Å²) in [5, 5.41) is 2.88. The van der Waals surface area contributed by atoms with Gasteiger partial charge in [0.05, 0.1) is 5.54 Å². The highest BCUT2D eigenvalue weighted by Crippen LogP contribution is 2.28. The van der Waals surface area contributed by atoms with E-state index < -0.39 is 0 Å². The SMILES string of the molecule is NCC1(N2CCCNC2=O)CCOCC1. The molecule has 0 radical (unpaired) electrons. The first-order chi connectivity index (χ1) is 7.28. The van der Waals surface area contributed by atoms with Crippen LogP contribution in [0.1, 0.15) is 19.3 Å². The summed E-state index contributed by atoms with van der Waals surface area (Å²) in [7, 11) is 0. The summed E-state index contributed by atoms with van der Waals surface area (Å²) >= 11 is 0. The van der Waals surface area contributed by atoms with E-state index in [1.807, 2.05) is 4.90 Å². The summed E-state index contributed by atoms with van der Waals surface area (Å²) in [6, 6.07) is 0.0357. The zero-order valence-electron chi connectivity index (χ0n) is 9.00. The van der Waals surface area contributed by atoms with Crippen LogP contribution in [0.5, 0.6) is 0 Å². The van der Waals surface area contributed by atoms with Crippen molar-refractivity contribution in [2.75, 3.05) is 32.8 Å². The number of ether oxygens (including phenoxy) is 1. The molecule has 3 N–H and O–H groups in total. The molecule has 2 fully saturated rings. The second kappa shape index (κ2) is 4.37. The number of carbonyl (C=O) groups is 1. The topological polar surface area (TPSA) is 67.6 Å². The number of carbonyl (C=O) groups excluding carboxylic acids is 1. The number of hydrogen-bond acceptors (Lipinski definition) is 3. The van der Waals surface area contributed by atoms with Gasteiger partial charge in [-0.15, -0.1) is 0 Å². The minimum atomic E-state index is -0.164. The monoisotopic (exact) mass is 213 g/mol. The van der Waals surface area contributed by atoms with Gasteiger partial charge in [-0.1, -0.05) is 0 Å². The van der Waals surface area contributed by atoms with Crippen molar-refractivity contribution < 1.29 is 9.53 Å². The zero-order chi connectivity index (χ0) is 10.7. The fraction of sp³-hybridized carbons (Fsp3) is 0.900. The first kappa shape index (κ1) is 10.7. The Balaban J connectivity index is 2.12. The number of hydrogen-bond donors (Lipinski definition) is 2. The maximum atomic E-state index is 11.8. The van der Waals surface area contributed by atoms with Crippen LogP contribution < -0.4 is 11.1 Å². The van der Waals surface area contributed by atoms with Gasteiger partial charge in [-0.05, 0) is 19.3 Å². The minimum absolute atomic E-state index is 0.0357. The number of nitrogens with zero attached hydrogens (tertiary/aromatic N) is 1. The lowest BCUT2D eigenvalue weighted by Crippen LogP contribution is -2.63. The number of urea groups is 1. The first-order valence-electron chi connectivity index (χ1n) is 5.62. The predicted molar refractivity (Wildman–Crippen MR) is 56.6 cm³/mol. The Hall–Kier alpha value is -0.810. The van der Waals surface area contributed by atoms with Gasteiger partial charge in [0.25, 0.3) is 0 Å². The van der Waals surface area contributed by atoms with Gasteiger partial charge >= 0.3 is 6.03 Å². The summed E-state index contributed by atoms with van der Waals surface area (Å²) in [5.41, 5.74) is 5.69. The average Bonchev–Trinajstić information content (AvgIpc) is 2.30. The van der Waals surface area contributed by atoms with Crippen LogP contribution in [-0.2, 0) is 4.74 Å². The van der Waals surface area contributed by atoms with E-state index in [-0.39, 0.29) is 11.6 Å². The predicted octanol–water partition coefficient (Wildman–Crippen LogP) is -0.0904. The van der Waals surface area contributed by atoms with Crippen molar-refractivity contribution in [2.24, 2.45) is 5.73 Å². The van der Waals surface area contributed by atoms with Gasteiger partial charge in [0.15, 0.2) is 0 Å². The molecule has 0 atom stereocenters. The zero-order valence-corrected chi connectivity index (χ0v) is 9.00. The van der Waals surface area contributed by atoms with E-state index in [1.165, 1.54) is 0 Å². The second-order valence-corrected chi connectivity index (χ2v) is 4.28. The van der Waals surface area contributed by atoms with Gasteiger partial charge in [-0.2, -0.15) is 0 Å². The second-order valence-electron chi connectivity index (χ2n) is 4.28.